The second kappa shape index (κ2) is 9.04. The molecule has 0 aliphatic carbocycles. The van der Waals surface area contributed by atoms with Crippen molar-refractivity contribution in [2.75, 3.05) is 24.3 Å². The van der Waals surface area contributed by atoms with E-state index in [9.17, 15) is 9.18 Å². The fraction of sp³-hybridized carbons (Fsp3) is 0.316. The average Bonchev–Trinajstić information content (AvgIpc) is 3.11. The van der Waals surface area contributed by atoms with Crippen LogP contribution in [0, 0.1) is 5.82 Å². The number of hydrogen-bond acceptors (Lipinski definition) is 4. The number of halogens is 3. The molecule has 1 N–H and O–H groups in total. The Kier molecular flexibility index (Phi) is 6.73. The normalized spacial score (nSPS) is 16.4. The molecule has 0 radical (unpaired) electrons. The maximum Gasteiger partial charge on any atom is 0.264 e. The van der Waals surface area contributed by atoms with Crippen molar-refractivity contribution in [3.05, 3.63) is 57.8 Å². The van der Waals surface area contributed by atoms with Crippen LogP contribution in [0.15, 0.2) is 36.4 Å². The molecule has 0 saturated carbocycles. The molecule has 0 spiro atoms. The number of rotatable bonds is 6. The maximum atomic E-state index is 14.3. The number of anilines is 1. The predicted octanol–water partition coefficient (Wildman–Crippen LogP) is 5.19. The Morgan fingerprint density at radius 1 is 1.37 bits per heavy atom. The van der Waals surface area contributed by atoms with Gasteiger partial charge in [0.1, 0.15) is 18.2 Å². The molecule has 1 amide bonds. The topological polar surface area (TPSA) is 41.6 Å². The van der Waals surface area contributed by atoms with Crippen LogP contribution in [0.1, 0.15) is 23.2 Å². The zero-order valence-corrected chi connectivity index (χ0v) is 17.0. The largest absolute Gasteiger partial charge is 0.490 e. The van der Waals surface area contributed by atoms with Gasteiger partial charge in [-0.25, -0.2) is 4.39 Å². The molecule has 1 unspecified atom stereocenters. The van der Waals surface area contributed by atoms with E-state index in [1.165, 1.54) is 6.07 Å². The predicted molar refractivity (Wildman–Crippen MR) is 110 cm³/mol. The summed E-state index contributed by atoms with van der Waals surface area (Å²) in [6.45, 7) is 1.27. The zero-order chi connectivity index (χ0) is 19.4. The molecule has 3 rings (SSSR count). The number of nitrogens with one attached hydrogen (secondary N) is 1. The minimum Gasteiger partial charge on any atom is -0.490 e. The van der Waals surface area contributed by atoms with Gasteiger partial charge in [-0.2, -0.15) is 0 Å². The molecule has 144 valence electrons. The SMILES string of the molecule is CSNC(=O)c1cc(Cl)c(OCC2CCCN2c2cccc(Cl)c2)cc1F. The van der Waals surface area contributed by atoms with Crippen LogP contribution >= 0.6 is 35.1 Å². The van der Waals surface area contributed by atoms with Crippen LogP contribution in [0.3, 0.4) is 0 Å². The maximum absolute atomic E-state index is 14.3. The standard InChI is InChI=1S/C19H19Cl2FN2O2S/c1-27-23-19(25)15-9-16(21)18(10-17(15)22)26-11-14-6-3-7-24(14)13-5-2-4-12(20)8-13/h2,4-5,8-10,14H,3,6-7,11H2,1H3,(H,23,25). The number of ether oxygens (including phenoxy) is 1. The number of hydrogen-bond donors (Lipinski definition) is 1. The number of amides is 1. The third-order valence-electron chi connectivity index (χ3n) is 4.41. The van der Waals surface area contributed by atoms with Crippen LogP contribution in [-0.4, -0.2) is 31.4 Å². The van der Waals surface area contributed by atoms with Crippen molar-refractivity contribution in [3.8, 4) is 5.75 Å². The highest BCUT2D eigenvalue weighted by Crippen LogP contribution is 2.31. The molecule has 4 nitrogen and oxygen atoms in total. The first-order valence-electron chi connectivity index (χ1n) is 8.47. The first kappa shape index (κ1) is 20.1. The van der Waals surface area contributed by atoms with Gasteiger partial charge in [0.05, 0.1) is 16.6 Å². The molecule has 1 aliphatic rings. The van der Waals surface area contributed by atoms with Gasteiger partial charge in [-0.15, -0.1) is 0 Å². The van der Waals surface area contributed by atoms with E-state index in [4.69, 9.17) is 27.9 Å². The third-order valence-corrected chi connectivity index (χ3v) is 5.33. The lowest BCUT2D eigenvalue weighted by Gasteiger charge is -2.27. The summed E-state index contributed by atoms with van der Waals surface area (Å²) in [5.41, 5.74) is 0.929. The average molecular weight is 429 g/mol. The van der Waals surface area contributed by atoms with Gasteiger partial charge in [0.2, 0.25) is 0 Å². The molecule has 1 atom stereocenters. The van der Waals surface area contributed by atoms with Crippen molar-refractivity contribution in [1.29, 1.82) is 0 Å². The van der Waals surface area contributed by atoms with Crippen LogP contribution in [0.25, 0.3) is 0 Å². The highest BCUT2D eigenvalue weighted by atomic mass is 35.5. The van der Waals surface area contributed by atoms with Crippen molar-refractivity contribution in [2.45, 2.75) is 18.9 Å². The summed E-state index contributed by atoms with van der Waals surface area (Å²) in [4.78, 5) is 14.1. The van der Waals surface area contributed by atoms with Gasteiger partial charge in [0, 0.05) is 29.6 Å². The van der Waals surface area contributed by atoms with Gasteiger partial charge in [-0.3, -0.25) is 9.52 Å². The third kappa shape index (κ3) is 4.81. The van der Waals surface area contributed by atoms with Gasteiger partial charge in [-0.1, -0.05) is 41.2 Å². The van der Waals surface area contributed by atoms with Crippen molar-refractivity contribution in [3.63, 3.8) is 0 Å². The first-order valence-corrected chi connectivity index (χ1v) is 10.4. The van der Waals surface area contributed by atoms with Crippen LogP contribution in [0.2, 0.25) is 10.0 Å². The molecular formula is C19H19Cl2FN2O2S. The van der Waals surface area contributed by atoms with Crippen molar-refractivity contribution in [1.82, 2.24) is 4.72 Å². The van der Waals surface area contributed by atoms with Gasteiger partial charge >= 0.3 is 0 Å². The number of nitrogens with zero attached hydrogens (tertiary/aromatic N) is 1. The van der Waals surface area contributed by atoms with E-state index < -0.39 is 11.7 Å². The van der Waals surface area contributed by atoms with Crippen molar-refractivity contribution < 1.29 is 13.9 Å². The molecule has 1 saturated heterocycles. The summed E-state index contributed by atoms with van der Waals surface area (Å²) in [7, 11) is 0. The molecule has 0 aromatic heterocycles. The van der Waals surface area contributed by atoms with Crippen LogP contribution in [0.4, 0.5) is 10.1 Å². The van der Waals surface area contributed by atoms with Crippen LogP contribution < -0.4 is 14.4 Å². The number of carbonyl (C=O) groups is 1. The Balaban J connectivity index is 1.70. The minimum absolute atomic E-state index is 0.108. The highest BCUT2D eigenvalue weighted by Gasteiger charge is 2.26. The molecule has 8 heteroatoms. The smallest absolute Gasteiger partial charge is 0.264 e. The second-order valence-electron chi connectivity index (χ2n) is 6.18. The monoisotopic (exact) mass is 428 g/mol. The van der Waals surface area contributed by atoms with Crippen molar-refractivity contribution in [2.24, 2.45) is 0 Å². The summed E-state index contributed by atoms with van der Waals surface area (Å²) >= 11 is 13.4. The molecule has 1 aliphatic heterocycles. The van der Waals surface area contributed by atoms with Gasteiger partial charge < -0.3 is 9.64 Å². The fourth-order valence-corrected chi connectivity index (χ4v) is 3.85. The summed E-state index contributed by atoms with van der Waals surface area (Å²) in [5, 5.41) is 0.887. The van der Waals surface area contributed by atoms with Crippen LogP contribution in [0.5, 0.6) is 5.75 Å². The fourth-order valence-electron chi connectivity index (χ4n) is 3.15. The van der Waals surface area contributed by atoms with Gasteiger partial charge in [-0.05, 0) is 37.1 Å². The van der Waals surface area contributed by atoms with E-state index in [0.717, 1.165) is 43.1 Å². The summed E-state index contributed by atoms with van der Waals surface area (Å²) in [6.07, 6.45) is 3.68. The second-order valence-corrected chi connectivity index (χ2v) is 7.63. The lowest BCUT2D eigenvalue weighted by atomic mass is 10.2. The Bertz CT molecular complexity index is 837. The minimum atomic E-state index is -0.668. The number of benzene rings is 2. The molecule has 2 aromatic carbocycles. The van der Waals surface area contributed by atoms with Gasteiger partial charge in [0.15, 0.2) is 0 Å². The van der Waals surface area contributed by atoms with Crippen LogP contribution in [-0.2, 0) is 0 Å². The molecule has 2 aromatic rings. The Hall–Kier alpha value is -1.63. The van der Waals surface area contributed by atoms with Gasteiger partial charge in [0.25, 0.3) is 5.91 Å². The van der Waals surface area contributed by atoms with Crippen molar-refractivity contribution >= 4 is 46.7 Å². The van der Waals surface area contributed by atoms with E-state index in [-0.39, 0.29) is 22.4 Å². The molecule has 27 heavy (non-hydrogen) atoms. The van der Waals surface area contributed by atoms with E-state index in [1.807, 2.05) is 24.3 Å². The Morgan fingerprint density at radius 2 is 2.19 bits per heavy atom. The highest BCUT2D eigenvalue weighted by molar-refractivity contribution is 7.97. The summed E-state index contributed by atoms with van der Waals surface area (Å²) in [6, 6.07) is 10.3. The molecule has 1 heterocycles. The summed E-state index contributed by atoms with van der Waals surface area (Å²) in [5.74, 6) is -0.969. The first-order chi connectivity index (χ1) is 13.0. The molecule has 0 bridgehead atoms. The molecular weight excluding hydrogens is 410 g/mol. The Labute approximate surface area is 172 Å². The zero-order valence-electron chi connectivity index (χ0n) is 14.7. The van der Waals surface area contributed by atoms with E-state index >= 15 is 0 Å². The lowest BCUT2D eigenvalue weighted by molar-refractivity contribution is 0.0980. The van der Waals surface area contributed by atoms with E-state index in [0.29, 0.717) is 11.6 Å². The quantitative estimate of drug-likeness (QED) is 0.642. The Morgan fingerprint density at radius 3 is 2.93 bits per heavy atom. The molecule has 1 fully saturated rings. The van der Waals surface area contributed by atoms with E-state index in [2.05, 4.69) is 9.62 Å². The lowest BCUT2D eigenvalue weighted by Crippen LogP contribution is -2.34. The van der Waals surface area contributed by atoms with E-state index in [1.54, 1.807) is 6.26 Å². The summed E-state index contributed by atoms with van der Waals surface area (Å²) < 4.78 is 22.5. The number of carbonyl (C=O) groups excluding carboxylic acids is 1.